The standard InChI is InChI=1S/C22H25F2NO4/c1-4-25(5-2)12-11-21(26)29-22(27)18-13-15(7-10-20(18)28-6-3)17-9-8-16(23)14-19(17)24/h7-10,13-14H,4-6,11-12H2,1-3H3. The highest BCUT2D eigenvalue weighted by Gasteiger charge is 2.20. The Morgan fingerprint density at radius 3 is 2.34 bits per heavy atom. The van der Waals surface area contributed by atoms with Crippen molar-refractivity contribution < 1.29 is 27.8 Å². The predicted octanol–water partition coefficient (Wildman–Crippen LogP) is 4.45. The van der Waals surface area contributed by atoms with Gasteiger partial charge in [0.25, 0.3) is 0 Å². The zero-order valence-electron chi connectivity index (χ0n) is 16.8. The fourth-order valence-corrected chi connectivity index (χ4v) is 2.86. The van der Waals surface area contributed by atoms with E-state index in [-0.39, 0.29) is 23.3 Å². The van der Waals surface area contributed by atoms with Crippen LogP contribution in [0.15, 0.2) is 36.4 Å². The molecular weight excluding hydrogens is 380 g/mol. The van der Waals surface area contributed by atoms with Gasteiger partial charge in [0.05, 0.1) is 13.0 Å². The lowest BCUT2D eigenvalue weighted by molar-refractivity contribution is -0.138. The lowest BCUT2D eigenvalue weighted by Gasteiger charge is -2.17. The average molecular weight is 405 g/mol. The lowest BCUT2D eigenvalue weighted by Crippen LogP contribution is -2.27. The summed E-state index contributed by atoms with van der Waals surface area (Å²) in [5.41, 5.74) is 0.467. The lowest BCUT2D eigenvalue weighted by atomic mass is 10.0. The largest absolute Gasteiger partial charge is 0.493 e. The molecule has 0 radical (unpaired) electrons. The van der Waals surface area contributed by atoms with E-state index in [1.165, 1.54) is 18.2 Å². The molecule has 5 nitrogen and oxygen atoms in total. The average Bonchev–Trinajstić information content (AvgIpc) is 2.69. The van der Waals surface area contributed by atoms with Crippen molar-refractivity contribution in [2.24, 2.45) is 0 Å². The van der Waals surface area contributed by atoms with Crippen LogP contribution in [0.2, 0.25) is 0 Å². The fourth-order valence-electron chi connectivity index (χ4n) is 2.86. The van der Waals surface area contributed by atoms with Crippen LogP contribution in [-0.2, 0) is 9.53 Å². The molecule has 0 atom stereocenters. The van der Waals surface area contributed by atoms with Crippen LogP contribution in [0, 0.1) is 11.6 Å². The van der Waals surface area contributed by atoms with E-state index in [9.17, 15) is 18.4 Å². The SMILES string of the molecule is CCOc1ccc(-c2ccc(F)cc2F)cc1C(=O)OC(=O)CCN(CC)CC. The van der Waals surface area contributed by atoms with Crippen LogP contribution in [0.1, 0.15) is 37.6 Å². The Morgan fingerprint density at radius 2 is 1.72 bits per heavy atom. The molecule has 2 rings (SSSR count). The molecule has 0 amide bonds. The van der Waals surface area contributed by atoms with E-state index in [0.29, 0.717) is 18.7 Å². The molecule has 0 saturated carbocycles. The molecule has 0 aromatic heterocycles. The number of rotatable bonds is 9. The van der Waals surface area contributed by atoms with Gasteiger partial charge in [-0.15, -0.1) is 0 Å². The van der Waals surface area contributed by atoms with Gasteiger partial charge in [-0.1, -0.05) is 19.9 Å². The van der Waals surface area contributed by atoms with Crippen LogP contribution in [0.5, 0.6) is 5.75 Å². The van der Waals surface area contributed by atoms with Gasteiger partial charge < -0.3 is 14.4 Å². The molecule has 0 aliphatic heterocycles. The molecular formula is C22H25F2NO4. The fraction of sp³-hybridized carbons (Fsp3) is 0.364. The van der Waals surface area contributed by atoms with Gasteiger partial charge in [-0.2, -0.15) is 0 Å². The highest BCUT2D eigenvalue weighted by Crippen LogP contribution is 2.29. The second-order valence-corrected chi connectivity index (χ2v) is 6.31. The number of esters is 2. The normalized spacial score (nSPS) is 10.8. The minimum atomic E-state index is -0.873. The Hall–Kier alpha value is -2.80. The van der Waals surface area contributed by atoms with Gasteiger partial charge in [0.1, 0.15) is 22.9 Å². The van der Waals surface area contributed by atoms with Gasteiger partial charge >= 0.3 is 11.9 Å². The summed E-state index contributed by atoms with van der Waals surface area (Å²) in [7, 11) is 0. The first-order valence-electron chi connectivity index (χ1n) is 9.59. The van der Waals surface area contributed by atoms with Crippen molar-refractivity contribution >= 4 is 11.9 Å². The van der Waals surface area contributed by atoms with Crippen LogP contribution in [0.4, 0.5) is 8.78 Å². The predicted molar refractivity (Wildman–Crippen MR) is 106 cm³/mol. The van der Waals surface area contributed by atoms with Crippen molar-refractivity contribution in [2.45, 2.75) is 27.2 Å². The van der Waals surface area contributed by atoms with E-state index < -0.39 is 23.6 Å². The molecule has 0 spiro atoms. The van der Waals surface area contributed by atoms with E-state index in [1.54, 1.807) is 13.0 Å². The first-order valence-corrected chi connectivity index (χ1v) is 9.59. The van der Waals surface area contributed by atoms with Crippen molar-refractivity contribution in [3.05, 3.63) is 53.6 Å². The third-order valence-corrected chi connectivity index (χ3v) is 4.47. The second-order valence-electron chi connectivity index (χ2n) is 6.31. The monoisotopic (exact) mass is 405 g/mol. The number of benzene rings is 2. The maximum Gasteiger partial charge on any atom is 0.349 e. The Morgan fingerprint density at radius 1 is 1.00 bits per heavy atom. The molecule has 0 aliphatic carbocycles. The highest BCUT2D eigenvalue weighted by atomic mass is 19.1. The summed E-state index contributed by atoms with van der Waals surface area (Å²) in [5.74, 6) is -2.76. The second kappa shape index (κ2) is 10.7. The van der Waals surface area contributed by atoms with Crippen molar-refractivity contribution in [1.82, 2.24) is 4.90 Å². The van der Waals surface area contributed by atoms with Crippen molar-refractivity contribution in [1.29, 1.82) is 0 Å². The molecule has 7 heteroatoms. The van der Waals surface area contributed by atoms with Gasteiger partial charge in [-0.25, -0.2) is 13.6 Å². The first kappa shape index (κ1) is 22.5. The van der Waals surface area contributed by atoms with Crippen LogP contribution < -0.4 is 4.74 Å². The van der Waals surface area contributed by atoms with Crippen LogP contribution in [0.25, 0.3) is 11.1 Å². The highest BCUT2D eigenvalue weighted by molar-refractivity contribution is 6.00. The van der Waals surface area contributed by atoms with E-state index in [1.807, 2.05) is 18.7 Å². The molecule has 29 heavy (non-hydrogen) atoms. The van der Waals surface area contributed by atoms with Gasteiger partial charge in [0.15, 0.2) is 0 Å². The number of carbonyl (C=O) groups excluding carboxylic acids is 2. The summed E-state index contributed by atoms with van der Waals surface area (Å²) in [6, 6.07) is 7.61. The maximum absolute atomic E-state index is 14.1. The number of hydrogen-bond acceptors (Lipinski definition) is 5. The molecule has 0 heterocycles. The van der Waals surface area contributed by atoms with Gasteiger partial charge in [0, 0.05) is 18.2 Å². The summed E-state index contributed by atoms with van der Waals surface area (Å²) in [4.78, 5) is 26.7. The summed E-state index contributed by atoms with van der Waals surface area (Å²) in [6.07, 6.45) is 0.0731. The number of hydrogen-bond donors (Lipinski definition) is 0. The summed E-state index contributed by atoms with van der Waals surface area (Å²) < 4.78 is 37.7. The Labute approximate surface area is 169 Å². The zero-order chi connectivity index (χ0) is 21.4. The van der Waals surface area contributed by atoms with Crippen molar-refractivity contribution in [3.8, 4) is 16.9 Å². The van der Waals surface area contributed by atoms with E-state index in [2.05, 4.69) is 0 Å². The van der Waals surface area contributed by atoms with Crippen LogP contribution >= 0.6 is 0 Å². The topological polar surface area (TPSA) is 55.8 Å². The van der Waals surface area contributed by atoms with Crippen LogP contribution in [0.3, 0.4) is 0 Å². The number of ether oxygens (including phenoxy) is 2. The molecule has 2 aromatic rings. The summed E-state index contributed by atoms with van der Waals surface area (Å²) in [5, 5.41) is 0. The third-order valence-electron chi connectivity index (χ3n) is 4.47. The van der Waals surface area contributed by atoms with E-state index >= 15 is 0 Å². The maximum atomic E-state index is 14.1. The molecule has 0 fully saturated rings. The minimum absolute atomic E-state index is 0.00395. The number of nitrogens with zero attached hydrogens (tertiary/aromatic N) is 1. The van der Waals surface area contributed by atoms with Gasteiger partial charge in [-0.3, -0.25) is 4.79 Å². The minimum Gasteiger partial charge on any atom is -0.493 e. The smallest absolute Gasteiger partial charge is 0.349 e. The van der Waals surface area contributed by atoms with Gasteiger partial charge in [-0.05, 0) is 49.8 Å². The number of carbonyl (C=O) groups is 2. The molecule has 0 N–H and O–H groups in total. The Balaban J connectivity index is 2.24. The first-order chi connectivity index (χ1) is 13.9. The molecule has 156 valence electrons. The quantitative estimate of drug-likeness (QED) is 0.456. The zero-order valence-corrected chi connectivity index (χ0v) is 16.8. The summed E-state index contributed by atoms with van der Waals surface area (Å²) in [6.45, 7) is 8.06. The molecule has 0 bridgehead atoms. The molecule has 0 aliphatic rings. The Kier molecular flexibility index (Phi) is 8.27. The van der Waals surface area contributed by atoms with Crippen molar-refractivity contribution in [2.75, 3.05) is 26.2 Å². The third kappa shape index (κ3) is 6.09. The van der Waals surface area contributed by atoms with E-state index in [0.717, 1.165) is 25.2 Å². The molecule has 0 saturated heterocycles. The van der Waals surface area contributed by atoms with Gasteiger partial charge in [0.2, 0.25) is 0 Å². The van der Waals surface area contributed by atoms with Crippen molar-refractivity contribution in [3.63, 3.8) is 0 Å². The molecule has 2 aromatic carbocycles. The van der Waals surface area contributed by atoms with E-state index in [4.69, 9.17) is 9.47 Å². The Bertz CT molecular complexity index is 866. The molecule has 0 unspecified atom stereocenters. The van der Waals surface area contributed by atoms with Crippen LogP contribution in [-0.4, -0.2) is 43.1 Å². The number of halogens is 2. The summed E-state index contributed by atoms with van der Waals surface area (Å²) >= 11 is 0.